The largest absolute Gasteiger partial charge is 0.363 e. The van der Waals surface area contributed by atoms with Gasteiger partial charge in [-0.15, -0.1) is 0 Å². The minimum absolute atomic E-state index is 0.157. The lowest BCUT2D eigenvalue weighted by Gasteiger charge is -2.13. The molecule has 0 radical (unpaired) electrons. The summed E-state index contributed by atoms with van der Waals surface area (Å²) < 4.78 is 0. The number of aromatic nitrogens is 2. The summed E-state index contributed by atoms with van der Waals surface area (Å²) >= 11 is 5.82. The van der Waals surface area contributed by atoms with Crippen molar-refractivity contribution in [2.24, 2.45) is 0 Å². The molecule has 0 aliphatic heterocycles. The maximum absolute atomic E-state index is 11.8. The quantitative estimate of drug-likeness (QED) is 0.587. The number of carbonyl (C=O) groups excluding carboxylic acids is 1. The molecule has 2 aromatic rings. The van der Waals surface area contributed by atoms with Gasteiger partial charge in [-0.25, -0.2) is 4.98 Å². The fraction of sp³-hybridized carbons (Fsp3) is 0.278. The van der Waals surface area contributed by atoms with Gasteiger partial charge in [0.25, 0.3) is 0 Å². The Hall–Kier alpha value is -2.60. The van der Waals surface area contributed by atoms with Crippen LogP contribution >= 0.6 is 11.6 Å². The van der Waals surface area contributed by atoms with Crippen molar-refractivity contribution in [2.75, 3.05) is 37.4 Å². The van der Waals surface area contributed by atoms with Crippen LogP contribution in [0, 0.1) is 6.92 Å². The molecular formula is C18H22ClN5O. The Morgan fingerprint density at radius 1 is 1.20 bits per heavy atom. The van der Waals surface area contributed by atoms with Gasteiger partial charge in [0.2, 0.25) is 11.9 Å². The van der Waals surface area contributed by atoms with Crippen molar-refractivity contribution in [1.29, 1.82) is 0 Å². The lowest BCUT2D eigenvalue weighted by Crippen LogP contribution is -2.27. The number of aryl methyl sites for hydroxylation is 1. The minimum Gasteiger partial charge on any atom is -0.363 e. The molecule has 2 rings (SSSR count). The molecule has 0 fully saturated rings. The fourth-order valence-electron chi connectivity index (χ4n) is 2.02. The van der Waals surface area contributed by atoms with Crippen molar-refractivity contribution in [3.05, 3.63) is 52.7 Å². The molecule has 1 heterocycles. The van der Waals surface area contributed by atoms with E-state index in [9.17, 15) is 4.79 Å². The van der Waals surface area contributed by atoms with Crippen molar-refractivity contribution in [1.82, 2.24) is 15.3 Å². The van der Waals surface area contributed by atoms with Gasteiger partial charge in [0, 0.05) is 50.0 Å². The molecule has 6 nitrogen and oxygen atoms in total. The topological polar surface area (TPSA) is 70.2 Å². The van der Waals surface area contributed by atoms with Crippen LogP contribution in [0.15, 0.2) is 36.4 Å². The smallest absolute Gasteiger partial charge is 0.244 e. The molecule has 0 aliphatic carbocycles. The van der Waals surface area contributed by atoms with Crippen molar-refractivity contribution < 1.29 is 4.79 Å². The van der Waals surface area contributed by atoms with E-state index in [0.29, 0.717) is 24.1 Å². The number of halogens is 1. The van der Waals surface area contributed by atoms with Crippen molar-refractivity contribution >= 4 is 35.4 Å². The second-order valence-electron chi connectivity index (χ2n) is 5.69. The third kappa shape index (κ3) is 6.43. The van der Waals surface area contributed by atoms with E-state index in [-0.39, 0.29) is 5.91 Å². The molecule has 1 amide bonds. The van der Waals surface area contributed by atoms with Gasteiger partial charge in [0.05, 0.1) is 0 Å². The molecule has 1 aromatic heterocycles. The zero-order valence-corrected chi connectivity index (χ0v) is 15.3. The summed E-state index contributed by atoms with van der Waals surface area (Å²) in [5.74, 6) is 1.23. The van der Waals surface area contributed by atoms with E-state index in [0.717, 1.165) is 17.1 Å². The lowest BCUT2D eigenvalue weighted by atomic mass is 10.2. The van der Waals surface area contributed by atoms with E-state index in [4.69, 9.17) is 11.6 Å². The number of rotatable bonds is 7. The van der Waals surface area contributed by atoms with Crippen molar-refractivity contribution in [3.8, 4) is 0 Å². The van der Waals surface area contributed by atoms with E-state index < -0.39 is 0 Å². The highest BCUT2D eigenvalue weighted by molar-refractivity contribution is 6.30. The first-order chi connectivity index (χ1) is 11.9. The summed E-state index contributed by atoms with van der Waals surface area (Å²) in [5.41, 5.74) is 1.80. The molecule has 132 valence electrons. The Bertz CT molecular complexity index is 744. The maximum Gasteiger partial charge on any atom is 0.244 e. The van der Waals surface area contributed by atoms with Gasteiger partial charge in [-0.2, -0.15) is 4.98 Å². The van der Waals surface area contributed by atoms with E-state index in [1.54, 1.807) is 18.2 Å². The Kier molecular flexibility index (Phi) is 6.77. The van der Waals surface area contributed by atoms with E-state index >= 15 is 0 Å². The van der Waals surface area contributed by atoms with E-state index in [1.807, 2.05) is 44.1 Å². The number of nitrogens with zero attached hydrogens (tertiary/aromatic N) is 3. The molecule has 0 atom stereocenters. The summed E-state index contributed by atoms with van der Waals surface area (Å²) in [5, 5.41) is 6.59. The molecule has 0 aliphatic rings. The van der Waals surface area contributed by atoms with Crippen molar-refractivity contribution in [2.45, 2.75) is 6.92 Å². The molecule has 0 unspecified atom stereocenters. The number of anilines is 2. The molecular weight excluding hydrogens is 338 g/mol. The third-order valence-electron chi connectivity index (χ3n) is 3.30. The van der Waals surface area contributed by atoms with Crippen LogP contribution < -0.4 is 15.5 Å². The van der Waals surface area contributed by atoms with Crippen LogP contribution in [-0.2, 0) is 4.79 Å². The Labute approximate surface area is 152 Å². The van der Waals surface area contributed by atoms with Crippen molar-refractivity contribution in [3.63, 3.8) is 0 Å². The molecule has 0 bridgehead atoms. The summed E-state index contributed by atoms with van der Waals surface area (Å²) in [4.78, 5) is 22.5. The zero-order valence-electron chi connectivity index (χ0n) is 14.6. The molecule has 25 heavy (non-hydrogen) atoms. The SMILES string of the molecule is Cc1cc(N(C)C)nc(NCCNC(=O)/C=C/c2ccc(Cl)cc2)n1. The molecule has 1 aromatic carbocycles. The number of benzene rings is 1. The fourth-order valence-corrected chi connectivity index (χ4v) is 2.15. The molecule has 2 N–H and O–H groups in total. The number of hydrogen-bond donors (Lipinski definition) is 2. The molecule has 0 spiro atoms. The van der Waals surface area contributed by atoms with Gasteiger partial charge in [-0.1, -0.05) is 23.7 Å². The average molecular weight is 360 g/mol. The van der Waals surface area contributed by atoms with E-state index in [2.05, 4.69) is 20.6 Å². The van der Waals surface area contributed by atoms with Crippen LogP contribution in [0.4, 0.5) is 11.8 Å². The second-order valence-corrected chi connectivity index (χ2v) is 6.12. The van der Waals surface area contributed by atoms with Gasteiger partial charge >= 0.3 is 0 Å². The Morgan fingerprint density at radius 2 is 1.92 bits per heavy atom. The summed E-state index contributed by atoms with van der Waals surface area (Å²) in [7, 11) is 3.86. The monoisotopic (exact) mass is 359 g/mol. The first kappa shape index (κ1) is 18.7. The Morgan fingerprint density at radius 3 is 2.60 bits per heavy atom. The highest BCUT2D eigenvalue weighted by Gasteiger charge is 2.03. The van der Waals surface area contributed by atoms with Crippen LogP contribution in [0.5, 0.6) is 0 Å². The number of hydrogen-bond acceptors (Lipinski definition) is 5. The summed E-state index contributed by atoms with van der Waals surface area (Å²) in [6.45, 7) is 2.93. The van der Waals surface area contributed by atoms with Crippen LogP contribution in [-0.4, -0.2) is 43.1 Å². The minimum atomic E-state index is -0.157. The predicted octanol–water partition coefficient (Wildman–Crippen LogP) is 2.75. The van der Waals surface area contributed by atoms with Crippen LogP contribution in [0.1, 0.15) is 11.3 Å². The van der Waals surface area contributed by atoms with Gasteiger partial charge < -0.3 is 15.5 Å². The number of carbonyl (C=O) groups is 1. The summed E-state index contributed by atoms with van der Waals surface area (Å²) in [6.07, 6.45) is 3.24. The molecule has 7 heteroatoms. The Balaban J connectivity index is 1.77. The van der Waals surface area contributed by atoms with Gasteiger partial charge in [-0.3, -0.25) is 4.79 Å². The highest BCUT2D eigenvalue weighted by Crippen LogP contribution is 2.12. The molecule has 0 saturated carbocycles. The van der Waals surface area contributed by atoms with Crippen LogP contribution in [0.2, 0.25) is 5.02 Å². The average Bonchev–Trinajstić information content (AvgIpc) is 2.57. The maximum atomic E-state index is 11.8. The first-order valence-corrected chi connectivity index (χ1v) is 8.30. The van der Waals surface area contributed by atoms with Crippen LogP contribution in [0.3, 0.4) is 0 Å². The first-order valence-electron chi connectivity index (χ1n) is 7.92. The van der Waals surface area contributed by atoms with Crippen LogP contribution in [0.25, 0.3) is 6.08 Å². The molecule has 0 saturated heterocycles. The summed E-state index contributed by atoms with van der Waals surface area (Å²) in [6, 6.07) is 9.18. The van der Waals surface area contributed by atoms with Gasteiger partial charge in [0.1, 0.15) is 5.82 Å². The normalized spacial score (nSPS) is 10.7. The van der Waals surface area contributed by atoms with E-state index in [1.165, 1.54) is 6.08 Å². The third-order valence-corrected chi connectivity index (χ3v) is 3.56. The highest BCUT2D eigenvalue weighted by atomic mass is 35.5. The second kappa shape index (κ2) is 9.03. The predicted molar refractivity (Wildman–Crippen MR) is 103 cm³/mol. The van der Waals surface area contributed by atoms with Gasteiger partial charge in [0.15, 0.2) is 0 Å². The number of nitrogens with one attached hydrogen (secondary N) is 2. The number of amides is 1. The lowest BCUT2D eigenvalue weighted by molar-refractivity contribution is -0.116. The zero-order chi connectivity index (χ0) is 18.2. The van der Waals surface area contributed by atoms with Gasteiger partial charge in [-0.05, 0) is 30.7 Å². The standard InChI is InChI=1S/C18H22ClN5O/c1-13-12-16(24(2)3)23-18(22-13)21-11-10-20-17(25)9-6-14-4-7-15(19)8-5-14/h4-9,12H,10-11H2,1-3H3,(H,20,25)(H,21,22,23)/b9-6+.